The van der Waals surface area contributed by atoms with Gasteiger partial charge in [-0.25, -0.2) is 0 Å². The number of nitro groups is 1. The van der Waals surface area contributed by atoms with Crippen LogP contribution in [0.25, 0.3) is 0 Å². The molecule has 1 aliphatic rings. The second kappa shape index (κ2) is 7.12. The number of likely N-dealkylation sites (tertiary alicyclic amines) is 1. The molecule has 6 heteroatoms. The number of nitro benzene ring substituents is 1. The molecule has 1 amide bonds. The number of para-hydroxylation sites is 1. The fourth-order valence-corrected chi connectivity index (χ4v) is 2.91. The first-order valence-electron chi connectivity index (χ1n) is 7.99. The molecule has 0 aromatic heterocycles. The Bertz CT molecular complexity index is 708. The molecule has 6 nitrogen and oxygen atoms in total. The van der Waals surface area contributed by atoms with Gasteiger partial charge in [0.1, 0.15) is 0 Å². The molecular weight excluding hydrogens is 306 g/mol. The number of nitrogens with one attached hydrogen (secondary N) is 1. The molecule has 1 saturated heterocycles. The predicted octanol–water partition coefficient (Wildman–Crippen LogP) is 3.31. The highest BCUT2D eigenvalue weighted by atomic mass is 16.6. The van der Waals surface area contributed by atoms with Gasteiger partial charge < -0.3 is 10.2 Å². The Hall–Kier alpha value is -2.89. The first-order valence-corrected chi connectivity index (χ1v) is 7.99. The summed E-state index contributed by atoms with van der Waals surface area (Å²) >= 11 is 0. The van der Waals surface area contributed by atoms with Crippen LogP contribution in [0.4, 0.5) is 11.4 Å². The number of carbonyl (C=O) groups excluding carboxylic acids is 1. The molecule has 0 bridgehead atoms. The van der Waals surface area contributed by atoms with Crippen molar-refractivity contribution in [1.82, 2.24) is 4.90 Å². The summed E-state index contributed by atoms with van der Waals surface area (Å²) in [5.41, 5.74) is 1.59. The van der Waals surface area contributed by atoms with Crippen molar-refractivity contribution in [3.8, 4) is 0 Å². The van der Waals surface area contributed by atoms with E-state index in [2.05, 4.69) is 5.32 Å². The van der Waals surface area contributed by atoms with E-state index < -0.39 is 4.92 Å². The van der Waals surface area contributed by atoms with Crippen molar-refractivity contribution >= 4 is 17.3 Å². The normalized spacial score (nSPS) is 15.1. The van der Waals surface area contributed by atoms with E-state index in [1.54, 1.807) is 0 Å². The smallest absolute Gasteiger partial charge is 0.269 e. The van der Waals surface area contributed by atoms with Gasteiger partial charge in [0, 0.05) is 42.5 Å². The summed E-state index contributed by atoms with van der Waals surface area (Å²) < 4.78 is 0. The Labute approximate surface area is 140 Å². The molecule has 0 aliphatic carbocycles. The lowest BCUT2D eigenvalue weighted by molar-refractivity contribution is -0.384. The average molecular weight is 325 g/mol. The van der Waals surface area contributed by atoms with E-state index >= 15 is 0 Å². The maximum Gasteiger partial charge on any atom is 0.269 e. The highest BCUT2D eigenvalue weighted by molar-refractivity contribution is 5.94. The number of benzene rings is 2. The summed E-state index contributed by atoms with van der Waals surface area (Å²) in [6.07, 6.45) is 1.77. The van der Waals surface area contributed by atoms with Crippen molar-refractivity contribution in [2.24, 2.45) is 0 Å². The molecule has 3 rings (SSSR count). The molecule has 1 fully saturated rings. The van der Waals surface area contributed by atoms with Crippen LogP contribution in [0.1, 0.15) is 23.2 Å². The van der Waals surface area contributed by atoms with Gasteiger partial charge >= 0.3 is 0 Å². The van der Waals surface area contributed by atoms with Gasteiger partial charge in [0.05, 0.1) is 4.92 Å². The topological polar surface area (TPSA) is 75.5 Å². The summed E-state index contributed by atoms with van der Waals surface area (Å²) in [5, 5.41) is 14.2. The Morgan fingerprint density at radius 3 is 2.25 bits per heavy atom. The zero-order valence-corrected chi connectivity index (χ0v) is 13.2. The number of amides is 1. The molecule has 2 aromatic rings. The maximum atomic E-state index is 12.5. The van der Waals surface area contributed by atoms with Crippen molar-refractivity contribution < 1.29 is 9.72 Å². The third-order valence-electron chi connectivity index (χ3n) is 4.25. The zero-order chi connectivity index (χ0) is 16.9. The second-order valence-electron chi connectivity index (χ2n) is 5.88. The summed E-state index contributed by atoms with van der Waals surface area (Å²) in [4.78, 5) is 24.5. The molecule has 0 atom stereocenters. The van der Waals surface area contributed by atoms with Crippen LogP contribution < -0.4 is 5.32 Å². The van der Waals surface area contributed by atoms with Crippen molar-refractivity contribution in [3.63, 3.8) is 0 Å². The lowest BCUT2D eigenvalue weighted by Gasteiger charge is -2.33. The van der Waals surface area contributed by atoms with Crippen LogP contribution in [-0.2, 0) is 0 Å². The standard InChI is InChI=1S/C18H19N3O3/c22-18(14-6-8-17(9-7-14)21(23)24)20-12-10-16(11-13-20)19-15-4-2-1-3-5-15/h1-9,16,19H,10-13H2. The lowest BCUT2D eigenvalue weighted by Crippen LogP contribution is -2.42. The number of non-ortho nitro benzene ring substituents is 1. The molecule has 2 aromatic carbocycles. The van der Waals surface area contributed by atoms with E-state index in [1.165, 1.54) is 24.3 Å². The van der Waals surface area contributed by atoms with E-state index in [-0.39, 0.29) is 11.6 Å². The van der Waals surface area contributed by atoms with Crippen LogP contribution in [-0.4, -0.2) is 34.9 Å². The van der Waals surface area contributed by atoms with E-state index in [0.29, 0.717) is 24.7 Å². The van der Waals surface area contributed by atoms with Crippen LogP contribution in [0.3, 0.4) is 0 Å². The van der Waals surface area contributed by atoms with Crippen LogP contribution >= 0.6 is 0 Å². The predicted molar refractivity (Wildman–Crippen MR) is 92.1 cm³/mol. The van der Waals surface area contributed by atoms with E-state index in [9.17, 15) is 14.9 Å². The highest BCUT2D eigenvalue weighted by Gasteiger charge is 2.23. The summed E-state index contributed by atoms with van der Waals surface area (Å²) in [6, 6.07) is 16.2. The van der Waals surface area contributed by atoms with E-state index in [1.807, 2.05) is 35.2 Å². The number of rotatable bonds is 4. The number of piperidine rings is 1. The lowest BCUT2D eigenvalue weighted by atomic mass is 10.0. The fraction of sp³-hybridized carbons (Fsp3) is 0.278. The average Bonchev–Trinajstić information content (AvgIpc) is 2.63. The van der Waals surface area contributed by atoms with Gasteiger partial charge in [-0.15, -0.1) is 0 Å². The minimum absolute atomic E-state index is 0.00248. The van der Waals surface area contributed by atoms with Crippen molar-refractivity contribution in [1.29, 1.82) is 0 Å². The highest BCUT2D eigenvalue weighted by Crippen LogP contribution is 2.19. The van der Waals surface area contributed by atoms with Crippen LogP contribution in [0.15, 0.2) is 54.6 Å². The first-order chi connectivity index (χ1) is 11.6. The van der Waals surface area contributed by atoms with Gasteiger partial charge in [-0.05, 0) is 37.1 Å². The minimum atomic E-state index is -0.463. The largest absolute Gasteiger partial charge is 0.382 e. The molecule has 0 unspecified atom stereocenters. The number of nitrogens with zero attached hydrogens (tertiary/aromatic N) is 2. The van der Waals surface area contributed by atoms with Crippen molar-refractivity contribution in [2.45, 2.75) is 18.9 Å². The molecule has 24 heavy (non-hydrogen) atoms. The number of carbonyl (C=O) groups is 1. The molecule has 0 radical (unpaired) electrons. The minimum Gasteiger partial charge on any atom is -0.382 e. The molecule has 0 saturated carbocycles. The molecule has 1 heterocycles. The molecule has 1 N–H and O–H groups in total. The Kier molecular flexibility index (Phi) is 4.74. The van der Waals surface area contributed by atoms with Gasteiger partial charge in [0.15, 0.2) is 0 Å². The van der Waals surface area contributed by atoms with Crippen LogP contribution in [0.5, 0.6) is 0 Å². The third-order valence-corrected chi connectivity index (χ3v) is 4.25. The summed E-state index contributed by atoms with van der Waals surface area (Å²) in [5.74, 6) is -0.0666. The molecule has 1 aliphatic heterocycles. The molecule has 0 spiro atoms. The molecular formula is C18H19N3O3. The first kappa shape index (κ1) is 16.0. The van der Waals surface area contributed by atoms with E-state index in [0.717, 1.165) is 18.5 Å². The number of hydrogen-bond donors (Lipinski definition) is 1. The van der Waals surface area contributed by atoms with Crippen LogP contribution in [0.2, 0.25) is 0 Å². The monoisotopic (exact) mass is 325 g/mol. The second-order valence-corrected chi connectivity index (χ2v) is 5.88. The van der Waals surface area contributed by atoms with Gasteiger partial charge in [-0.1, -0.05) is 18.2 Å². The maximum absolute atomic E-state index is 12.5. The fourth-order valence-electron chi connectivity index (χ4n) is 2.91. The molecule has 124 valence electrons. The van der Waals surface area contributed by atoms with Gasteiger partial charge in [-0.2, -0.15) is 0 Å². The van der Waals surface area contributed by atoms with Crippen LogP contribution in [0, 0.1) is 10.1 Å². The van der Waals surface area contributed by atoms with Crippen molar-refractivity contribution in [3.05, 3.63) is 70.3 Å². The number of anilines is 1. The summed E-state index contributed by atoms with van der Waals surface area (Å²) in [7, 11) is 0. The van der Waals surface area contributed by atoms with Gasteiger partial charge in [0.2, 0.25) is 0 Å². The Morgan fingerprint density at radius 2 is 1.67 bits per heavy atom. The SMILES string of the molecule is O=C(c1ccc([N+](=O)[O-])cc1)N1CCC(Nc2ccccc2)CC1. The number of hydrogen-bond acceptors (Lipinski definition) is 4. The van der Waals surface area contributed by atoms with Gasteiger partial charge in [0.25, 0.3) is 11.6 Å². The van der Waals surface area contributed by atoms with Crippen molar-refractivity contribution in [2.75, 3.05) is 18.4 Å². The third kappa shape index (κ3) is 3.71. The summed E-state index contributed by atoms with van der Waals surface area (Å²) in [6.45, 7) is 1.36. The zero-order valence-electron chi connectivity index (χ0n) is 13.2. The van der Waals surface area contributed by atoms with E-state index in [4.69, 9.17) is 0 Å². The quantitative estimate of drug-likeness (QED) is 0.691. The Morgan fingerprint density at radius 1 is 1.04 bits per heavy atom. The Balaban J connectivity index is 1.56. The van der Waals surface area contributed by atoms with Gasteiger partial charge in [-0.3, -0.25) is 14.9 Å².